The fourth-order valence-corrected chi connectivity index (χ4v) is 2.76. The maximum atomic E-state index is 5.35. The van der Waals surface area contributed by atoms with Gasteiger partial charge in [-0.05, 0) is 25.7 Å². The predicted octanol–water partition coefficient (Wildman–Crippen LogP) is 3.22. The standard InChI is InChI=1S/C14H29NO/c1-4-16-11-10-15-13(3)12(2)14-8-6-5-7-9-14/h12-15H,4-11H2,1-3H3. The van der Waals surface area contributed by atoms with Crippen molar-refractivity contribution in [3.63, 3.8) is 0 Å². The van der Waals surface area contributed by atoms with Gasteiger partial charge in [0, 0.05) is 19.2 Å². The van der Waals surface area contributed by atoms with Gasteiger partial charge in [-0.15, -0.1) is 0 Å². The van der Waals surface area contributed by atoms with Crippen molar-refractivity contribution >= 4 is 0 Å². The van der Waals surface area contributed by atoms with Crippen molar-refractivity contribution in [1.29, 1.82) is 0 Å². The van der Waals surface area contributed by atoms with Gasteiger partial charge in [-0.3, -0.25) is 0 Å². The average Bonchev–Trinajstić information content (AvgIpc) is 2.34. The largest absolute Gasteiger partial charge is 0.380 e. The Morgan fingerprint density at radius 1 is 1.19 bits per heavy atom. The molecule has 2 atom stereocenters. The van der Waals surface area contributed by atoms with E-state index in [0.717, 1.165) is 31.6 Å². The number of ether oxygens (including phenoxy) is 1. The molecule has 16 heavy (non-hydrogen) atoms. The van der Waals surface area contributed by atoms with Crippen LogP contribution in [-0.4, -0.2) is 25.8 Å². The fraction of sp³-hybridized carbons (Fsp3) is 1.00. The molecule has 2 unspecified atom stereocenters. The first kappa shape index (κ1) is 14.0. The van der Waals surface area contributed by atoms with Crippen molar-refractivity contribution in [2.75, 3.05) is 19.8 Å². The first-order valence-electron chi connectivity index (χ1n) is 7.06. The minimum atomic E-state index is 0.628. The van der Waals surface area contributed by atoms with Crippen LogP contribution in [0.1, 0.15) is 52.9 Å². The van der Waals surface area contributed by atoms with Gasteiger partial charge in [-0.2, -0.15) is 0 Å². The summed E-state index contributed by atoms with van der Waals surface area (Å²) in [6.07, 6.45) is 7.23. The lowest BCUT2D eigenvalue weighted by molar-refractivity contribution is 0.140. The van der Waals surface area contributed by atoms with Crippen LogP contribution in [0.15, 0.2) is 0 Å². The summed E-state index contributed by atoms with van der Waals surface area (Å²) in [4.78, 5) is 0. The van der Waals surface area contributed by atoms with Gasteiger partial charge in [0.2, 0.25) is 0 Å². The quantitative estimate of drug-likeness (QED) is 0.674. The van der Waals surface area contributed by atoms with E-state index in [2.05, 4.69) is 19.2 Å². The molecule has 0 heterocycles. The zero-order chi connectivity index (χ0) is 11.8. The molecule has 2 heteroatoms. The van der Waals surface area contributed by atoms with Crippen molar-refractivity contribution in [2.45, 2.75) is 58.9 Å². The van der Waals surface area contributed by atoms with Gasteiger partial charge in [0.25, 0.3) is 0 Å². The molecule has 96 valence electrons. The second-order valence-electron chi connectivity index (χ2n) is 5.20. The monoisotopic (exact) mass is 227 g/mol. The second kappa shape index (κ2) is 8.08. The summed E-state index contributed by atoms with van der Waals surface area (Å²) in [5.74, 6) is 1.75. The molecule has 0 radical (unpaired) electrons. The molecule has 1 rings (SSSR count). The molecule has 1 fully saturated rings. The first-order chi connectivity index (χ1) is 7.75. The van der Waals surface area contributed by atoms with Gasteiger partial charge in [-0.25, -0.2) is 0 Å². The van der Waals surface area contributed by atoms with Gasteiger partial charge >= 0.3 is 0 Å². The third-order valence-electron chi connectivity index (χ3n) is 4.10. The van der Waals surface area contributed by atoms with Crippen LogP contribution >= 0.6 is 0 Å². The van der Waals surface area contributed by atoms with Crippen molar-refractivity contribution < 1.29 is 4.74 Å². The second-order valence-corrected chi connectivity index (χ2v) is 5.20. The summed E-state index contributed by atoms with van der Waals surface area (Å²) in [6, 6.07) is 0.628. The molecule has 1 aliphatic carbocycles. The summed E-state index contributed by atoms with van der Waals surface area (Å²) in [7, 11) is 0. The summed E-state index contributed by atoms with van der Waals surface area (Å²) in [5, 5.41) is 3.59. The Bertz CT molecular complexity index is 166. The molecule has 1 saturated carbocycles. The van der Waals surface area contributed by atoms with Crippen molar-refractivity contribution in [1.82, 2.24) is 5.32 Å². The fourth-order valence-electron chi connectivity index (χ4n) is 2.76. The van der Waals surface area contributed by atoms with E-state index in [9.17, 15) is 0 Å². The molecule has 0 aromatic rings. The minimum absolute atomic E-state index is 0.628. The molecule has 1 aliphatic rings. The van der Waals surface area contributed by atoms with E-state index < -0.39 is 0 Å². The summed E-state index contributed by atoms with van der Waals surface area (Å²) < 4.78 is 5.35. The van der Waals surface area contributed by atoms with Crippen molar-refractivity contribution in [3.8, 4) is 0 Å². The van der Waals surface area contributed by atoms with E-state index >= 15 is 0 Å². The Kier molecular flexibility index (Phi) is 7.06. The lowest BCUT2D eigenvalue weighted by atomic mass is 9.78. The van der Waals surface area contributed by atoms with E-state index in [-0.39, 0.29) is 0 Å². The zero-order valence-corrected chi connectivity index (χ0v) is 11.3. The molecule has 1 N–H and O–H groups in total. The van der Waals surface area contributed by atoms with Crippen LogP contribution in [0.5, 0.6) is 0 Å². The normalized spacial score (nSPS) is 21.9. The topological polar surface area (TPSA) is 21.3 Å². The third kappa shape index (κ3) is 4.84. The molecule has 0 bridgehead atoms. The Labute approximate surface area is 101 Å². The van der Waals surface area contributed by atoms with E-state index in [4.69, 9.17) is 4.74 Å². The number of hydrogen-bond donors (Lipinski definition) is 1. The summed E-state index contributed by atoms with van der Waals surface area (Å²) in [6.45, 7) is 9.45. The van der Waals surface area contributed by atoms with E-state index in [1.54, 1.807) is 0 Å². The number of hydrogen-bond acceptors (Lipinski definition) is 2. The minimum Gasteiger partial charge on any atom is -0.380 e. The highest BCUT2D eigenvalue weighted by atomic mass is 16.5. The maximum Gasteiger partial charge on any atom is 0.0590 e. The van der Waals surface area contributed by atoms with Crippen LogP contribution in [0.2, 0.25) is 0 Å². The zero-order valence-electron chi connectivity index (χ0n) is 11.3. The van der Waals surface area contributed by atoms with Gasteiger partial charge in [0.15, 0.2) is 0 Å². The Morgan fingerprint density at radius 2 is 1.88 bits per heavy atom. The Morgan fingerprint density at radius 3 is 2.50 bits per heavy atom. The maximum absolute atomic E-state index is 5.35. The van der Waals surface area contributed by atoms with E-state index in [1.807, 2.05) is 6.92 Å². The van der Waals surface area contributed by atoms with Crippen LogP contribution in [0.25, 0.3) is 0 Å². The molecule has 0 aromatic heterocycles. The van der Waals surface area contributed by atoms with E-state index in [1.165, 1.54) is 32.1 Å². The SMILES string of the molecule is CCOCCNC(C)C(C)C1CCCCC1. The van der Waals surface area contributed by atoms with Gasteiger partial charge in [0.1, 0.15) is 0 Å². The summed E-state index contributed by atoms with van der Waals surface area (Å²) >= 11 is 0. The Balaban J connectivity index is 2.15. The van der Waals surface area contributed by atoms with Crippen LogP contribution in [0.3, 0.4) is 0 Å². The highest BCUT2D eigenvalue weighted by Gasteiger charge is 2.23. The lowest BCUT2D eigenvalue weighted by Crippen LogP contribution is -2.38. The molecular weight excluding hydrogens is 198 g/mol. The molecule has 0 spiro atoms. The smallest absolute Gasteiger partial charge is 0.0590 e. The number of rotatable bonds is 7. The highest BCUT2D eigenvalue weighted by molar-refractivity contribution is 4.78. The first-order valence-corrected chi connectivity index (χ1v) is 7.06. The molecule has 0 aliphatic heterocycles. The Hall–Kier alpha value is -0.0800. The predicted molar refractivity (Wildman–Crippen MR) is 69.7 cm³/mol. The third-order valence-corrected chi connectivity index (χ3v) is 4.10. The van der Waals surface area contributed by atoms with E-state index in [0.29, 0.717) is 6.04 Å². The molecule has 0 saturated heterocycles. The van der Waals surface area contributed by atoms with Crippen molar-refractivity contribution in [2.24, 2.45) is 11.8 Å². The van der Waals surface area contributed by atoms with Gasteiger partial charge < -0.3 is 10.1 Å². The lowest BCUT2D eigenvalue weighted by Gasteiger charge is -2.32. The average molecular weight is 227 g/mol. The van der Waals surface area contributed by atoms with Crippen LogP contribution < -0.4 is 5.32 Å². The van der Waals surface area contributed by atoms with Crippen LogP contribution in [-0.2, 0) is 4.74 Å². The van der Waals surface area contributed by atoms with Gasteiger partial charge in [-0.1, -0.05) is 39.0 Å². The highest BCUT2D eigenvalue weighted by Crippen LogP contribution is 2.31. The molecule has 2 nitrogen and oxygen atoms in total. The molecular formula is C14H29NO. The van der Waals surface area contributed by atoms with Crippen molar-refractivity contribution in [3.05, 3.63) is 0 Å². The summed E-state index contributed by atoms with van der Waals surface area (Å²) in [5.41, 5.74) is 0. The molecule has 0 amide bonds. The van der Waals surface area contributed by atoms with Gasteiger partial charge in [0.05, 0.1) is 6.61 Å². The number of nitrogens with one attached hydrogen (secondary N) is 1. The van der Waals surface area contributed by atoms with Crippen LogP contribution in [0.4, 0.5) is 0 Å². The van der Waals surface area contributed by atoms with Crippen LogP contribution in [0, 0.1) is 11.8 Å². The molecule has 0 aromatic carbocycles.